The molecule has 0 spiro atoms. The fourth-order valence-electron chi connectivity index (χ4n) is 3.03. The Morgan fingerprint density at radius 2 is 1.68 bits per heavy atom. The van der Waals surface area contributed by atoms with Crippen molar-refractivity contribution in [2.75, 3.05) is 0 Å². The summed E-state index contributed by atoms with van der Waals surface area (Å²) in [6.07, 6.45) is 2.68. The van der Waals surface area contributed by atoms with Crippen molar-refractivity contribution in [3.05, 3.63) is 44.8 Å². The van der Waals surface area contributed by atoms with Gasteiger partial charge in [0.15, 0.2) is 0 Å². The van der Waals surface area contributed by atoms with Crippen LogP contribution in [0.25, 0.3) is 0 Å². The fraction of sp³-hybridized carbons (Fsp3) is 0.500. The van der Waals surface area contributed by atoms with Gasteiger partial charge in [-0.1, -0.05) is 26.0 Å². The number of hydrogen-bond acceptors (Lipinski definition) is 3. The minimum absolute atomic E-state index is 0.387. The SMILES string of the molecule is CC1CCC(NC(c2cccs2)c2cccs2)C1C. The minimum Gasteiger partial charge on any atom is -0.302 e. The van der Waals surface area contributed by atoms with Gasteiger partial charge >= 0.3 is 0 Å². The minimum atomic E-state index is 0.387. The van der Waals surface area contributed by atoms with E-state index in [1.54, 1.807) is 0 Å². The van der Waals surface area contributed by atoms with Crippen LogP contribution in [0.5, 0.6) is 0 Å². The molecule has 0 bridgehead atoms. The number of thiophene rings is 2. The summed E-state index contributed by atoms with van der Waals surface area (Å²) in [5, 5.41) is 8.28. The van der Waals surface area contributed by atoms with Crippen molar-refractivity contribution in [1.29, 1.82) is 0 Å². The Morgan fingerprint density at radius 3 is 2.11 bits per heavy atom. The Labute approximate surface area is 123 Å². The lowest BCUT2D eigenvalue weighted by Crippen LogP contribution is -2.35. The maximum atomic E-state index is 3.92. The number of rotatable bonds is 4. The fourth-order valence-corrected chi connectivity index (χ4v) is 4.71. The zero-order valence-electron chi connectivity index (χ0n) is 11.5. The molecule has 2 heterocycles. The molecule has 0 radical (unpaired) electrons. The molecule has 0 amide bonds. The van der Waals surface area contributed by atoms with E-state index in [1.807, 2.05) is 22.7 Å². The van der Waals surface area contributed by atoms with E-state index in [-0.39, 0.29) is 0 Å². The van der Waals surface area contributed by atoms with E-state index < -0.39 is 0 Å². The molecule has 2 aromatic rings. The molecule has 0 saturated heterocycles. The molecule has 3 rings (SSSR count). The second kappa shape index (κ2) is 5.78. The number of hydrogen-bond donors (Lipinski definition) is 1. The molecule has 102 valence electrons. The first-order chi connectivity index (χ1) is 9.25. The van der Waals surface area contributed by atoms with Gasteiger partial charge < -0.3 is 5.32 Å². The van der Waals surface area contributed by atoms with Crippen molar-refractivity contribution < 1.29 is 0 Å². The summed E-state index contributed by atoms with van der Waals surface area (Å²) in [7, 11) is 0. The van der Waals surface area contributed by atoms with Gasteiger partial charge in [-0.05, 0) is 47.6 Å². The van der Waals surface area contributed by atoms with Crippen molar-refractivity contribution in [2.24, 2.45) is 11.8 Å². The highest BCUT2D eigenvalue weighted by Gasteiger charge is 2.32. The first-order valence-electron chi connectivity index (χ1n) is 7.08. The maximum Gasteiger partial charge on any atom is 0.0767 e. The molecule has 1 saturated carbocycles. The van der Waals surface area contributed by atoms with Crippen LogP contribution >= 0.6 is 22.7 Å². The highest BCUT2D eigenvalue weighted by atomic mass is 32.1. The van der Waals surface area contributed by atoms with Crippen LogP contribution in [0.15, 0.2) is 35.0 Å². The number of nitrogens with one attached hydrogen (secondary N) is 1. The first-order valence-corrected chi connectivity index (χ1v) is 8.84. The highest BCUT2D eigenvalue weighted by molar-refractivity contribution is 7.11. The highest BCUT2D eigenvalue weighted by Crippen LogP contribution is 2.36. The van der Waals surface area contributed by atoms with Crippen LogP contribution in [0.3, 0.4) is 0 Å². The van der Waals surface area contributed by atoms with Crippen molar-refractivity contribution in [2.45, 2.75) is 38.8 Å². The predicted molar refractivity (Wildman–Crippen MR) is 85.0 cm³/mol. The van der Waals surface area contributed by atoms with Crippen LogP contribution in [0, 0.1) is 11.8 Å². The molecule has 3 heteroatoms. The molecule has 1 aliphatic carbocycles. The zero-order chi connectivity index (χ0) is 13.2. The van der Waals surface area contributed by atoms with Gasteiger partial charge in [0.2, 0.25) is 0 Å². The topological polar surface area (TPSA) is 12.0 Å². The molecule has 3 atom stereocenters. The molecule has 19 heavy (non-hydrogen) atoms. The third kappa shape index (κ3) is 2.78. The van der Waals surface area contributed by atoms with Gasteiger partial charge in [-0.2, -0.15) is 0 Å². The lowest BCUT2D eigenvalue weighted by molar-refractivity contribution is 0.356. The maximum absolute atomic E-state index is 3.92. The van der Waals surface area contributed by atoms with Gasteiger partial charge in [0.25, 0.3) is 0 Å². The van der Waals surface area contributed by atoms with E-state index in [4.69, 9.17) is 0 Å². The monoisotopic (exact) mass is 291 g/mol. The van der Waals surface area contributed by atoms with Crippen molar-refractivity contribution in [3.8, 4) is 0 Å². The van der Waals surface area contributed by atoms with E-state index in [0.717, 1.165) is 11.8 Å². The zero-order valence-corrected chi connectivity index (χ0v) is 13.1. The summed E-state index contributed by atoms with van der Waals surface area (Å²) in [4.78, 5) is 2.88. The van der Waals surface area contributed by atoms with E-state index in [9.17, 15) is 0 Å². The summed E-state index contributed by atoms with van der Waals surface area (Å²) in [6, 6.07) is 9.87. The quantitative estimate of drug-likeness (QED) is 0.843. The van der Waals surface area contributed by atoms with Crippen molar-refractivity contribution in [1.82, 2.24) is 5.32 Å². The Bertz CT molecular complexity index is 455. The van der Waals surface area contributed by atoms with Crippen LogP contribution in [-0.2, 0) is 0 Å². The van der Waals surface area contributed by atoms with Gasteiger partial charge in [0, 0.05) is 15.8 Å². The van der Waals surface area contributed by atoms with E-state index in [1.165, 1.54) is 22.6 Å². The van der Waals surface area contributed by atoms with Gasteiger partial charge in [0.05, 0.1) is 6.04 Å². The third-order valence-electron chi connectivity index (χ3n) is 4.50. The van der Waals surface area contributed by atoms with E-state index in [0.29, 0.717) is 12.1 Å². The normalized spacial score (nSPS) is 27.2. The Morgan fingerprint density at radius 1 is 1.05 bits per heavy atom. The molecule has 1 aliphatic rings. The Kier molecular flexibility index (Phi) is 4.06. The van der Waals surface area contributed by atoms with Crippen molar-refractivity contribution >= 4 is 22.7 Å². The predicted octanol–water partition coefficient (Wildman–Crippen LogP) is 4.92. The second-order valence-corrected chi connectivity index (χ2v) is 7.61. The van der Waals surface area contributed by atoms with Gasteiger partial charge in [-0.25, -0.2) is 0 Å². The summed E-state index contributed by atoms with van der Waals surface area (Å²) in [5.41, 5.74) is 0. The van der Waals surface area contributed by atoms with Gasteiger partial charge in [-0.3, -0.25) is 0 Å². The smallest absolute Gasteiger partial charge is 0.0767 e. The average molecular weight is 291 g/mol. The molecule has 3 unspecified atom stereocenters. The third-order valence-corrected chi connectivity index (χ3v) is 6.38. The van der Waals surface area contributed by atoms with Crippen LogP contribution in [0.2, 0.25) is 0 Å². The molecule has 0 aliphatic heterocycles. The van der Waals surface area contributed by atoms with Crippen LogP contribution in [0.4, 0.5) is 0 Å². The lowest BCUT2D eigenvalue weighted by atomic mass is 9.97. The van der Waals surface area contributed by atoms with E-state index in [2.05, 4.69) is 54.2 Å². The standard InChI is InChI=1S/C16H21NS2/c1-11-7-8-13(12(11)2)17-16(14-5-3-9-18-14)15-6-4-10-19-15/h3-6,9-13,16-17H,7-8H2,1-2H3. The van der Waals surface area contributed by atoms with Crippen molar-refractivity contribution in [3.63, 3.8) is 0 Å². The molecule has 0 aromatic carbocycles. The Balaban J connectivity index is 1.81. The van der Waals surface area contributed by atoms with Crippen LogP contribution in [0.1, 0.15) is 42.5 Å². The summed E-state index contributed by atoms with van der Waals surface area (Å²) >= 11 is 3.72. The van der Waals surface area contributed by atoms with E-state index >= 15 is 0 Å². The Hall–Kier alpha value is -0.640. The average Bonchev–Trinajstić information content (AvgIpc) is 3.13. The molecule has 1 N–H and O–H groups in total. The molecule has 1 fully saturated rings. The molecular formula is C16H21NS2. The lowest BCUT2D eigenvalue weighted by Gasteiger charge is -2.25. The summed E-state index contributed by atoms with van der Waals surface area (Å²) in [5.74, 6) is 1.63. The summed E-state index contributed by atoms with van der Waals surface area (Å²) < 4.78 is 0. The molecular weight excluding hydrogens is 270 g/mol. The van der Waals surface area contributed by atoms with Crippen LogP contribution in [-0.4, -0.2) is 6.04 Å². The largest absolute Gasteiger partial charge is 0.302 e. The second-order valence-electron chi connectivity index (χ2n) is 5.65. The first kappa shape index (κ1) is 13.3. The molecule has 1 nitrogen and oxygen atoms in total. The summed E-state index contributed by atoms with van der Waals surface area (Å²) in [6.45, 7) is 4.78. The van der Waals surface area contributed by atoms with Gasteiger partial charge in [-0.15, -0.1) is 22.7 Å². The van der Waals surface area contributed by atoms with Crippen LogP contribution < -0.4 is 5.32 Å². The van der Waals surface area contributed by atoms with Gasteiger partial charge in [0.1, 0.15) is 0 Å². The molecule has 2 aromatic heterocycles.